The van der Waals surface area contributed by atoms with Gasteiger partial charge in [-0.25, -0.2) is 4.98 Å². The van der Waals surface area contributed by atoms with E-state index in [2.05, 4.69) is 15.8 Å². The number of rotatable bonds is 4. The maximum atomic E-state index is 12.5. The molecule has 0 bridgehead atoms. The van der Waals surface area contributed by atoms with E-state index < -0.39 is 0 Å². The fraction of sp³-hybridized carbons (Fsp3) is 0.136. The van der Waals surface area contributed by atoms with Crippen molar-refractivity contribution in [3.05, 3.63) is 76.9 Å². The van der Waals surface area contributed by atoms with Crippen LogP contribution >= 0.6 is 11.3 Å². The maximum absolute atomic E-state index is 12.5. The molecular weight excluding hydrogens is 384 g/mol. The van der Waals surface area contributed by atoms with Gasteiger partial charge in [0.1, 0.15) is 5.01 Å². The van der Waals surface area contributed by atoms with Gasteiger partial charge in [-0.2, -0.15) is 0 Å². The number of benzene rings is 2. The van der Waals surface area contributed by atoms with Crippen molar-refractivity contribution in [3.8, 4) is 10.6 Å². The molecule has 0 unspecified atom stereocenters. The number of hydrogen-bond donors (Lipinski definition) is 2. The van der Waals surface area contributed by atoms with E-state index in [0.29, 0.717) is 11.3 Å². The first kappa shape index (κ1) is 18.9. The first-order chi connectivity index (χ1) is 14.0. The minimum atomic E-state index is -0.353. The minimum absolute atomic E-state index is 0.0954. The maximum Gasteiger partial charge on any atom is 0.271 e. The SMILES string of the molecule is Cc1ccc(-c2nc(CC(=O)NNC(=O)c3cn(C)c4ccccc34)cs2)cc1. The monoisotopic (exact) mass is 404 g/mol. The molecule has 0 spiro atoms. The van der Waals surface area contributed by atoms with E-state index in [1.54, 1.807) is 6.20 Å². The van der Waals surface area contributed by atoms with Crippen molar-refractivity contribution < 1.29 is 9.59 Å². The van der Waals surface area contributed by atoms with E-state index in [-0.39, 0.29) is 18.2 Å². The molecule has 146 valence electrons. The Labute approximate surface area is 172 Å². The molecule has 2 aromatic carbocycles. The molecule has 0 saturated carbocycles. The molecule has 0 aliphatic rings. The molecular formula is C22H20N4O2S. The Hall–Kier alpha value is -3.45. The Morgan fingerprint density at radius 3 is 2.62 bits per heavy atom. The number of carbonyl (C=O) groups excluding carboxylic acids is 2. The summed E-state index contributed by atoms with van der Waals surface area (Å²) in [7, 11) is 1.88. The van der Waals surface area contributed by atoms with Crippen LogP contribution in [0.1, 0.15) is 21.6 Å². The van der Waals surface area contributed by atoms with Crippen molar-refractivity contribution in [2.45, 2.75) is 13.3 Å². The number of hydrazine groups is 1. The van der Waals surface area contributed by atoms with Gasteiger partial charge in [0.05, 0.1) is 17.7 Å². The lowest BCUT2D eigenvalue weighted by atomic mass is 10.2. The van der Waals surface area contributed by atoms with Gasteiger partial charge < -0.3 is 4.57 Å². The number of fused-ring (bicyclic) bond motifs is 1. The van der Waals surface area contributed by atoms with Crippen LogP contribution in [0.2, 0.25) is 0 Å². The first-order valence-electron chi connectivity index (χ1n) is 9.16. The molecule has 4 rings (SSSR count). The van der Waals surface area contributed by atoms with Crippen molar-refractivity contribution >= 4 is 34.1 Å². The molecule has 0 aliphatic heterocycles. The topological polar surface area (TPSA) is 76.0 Å². The number of nitrogens with one attached hydrogen (secondary N) is 2. The van der Waals surface area contributed by atoms with E-state index in [1.807, 2.05) is 72.4 Å². The number of hydrogen-bond acceptors (Lipinski definition) is 4. The van der Waals surface area contributed by atoms with Crippen LogP contribution in [0.15, 0.2) is 60.1 Å². The zero-order valence-corrected chi connectivity index (χ0v) is 16.9. The van der Waals surface area contributed by atoms with Crippen LogP contribution in [0.4, 0.5) is 0 Å². The van der Waals surface area contributed by atoms with Gasteiger partial charge in [0.2, 0.25) is 5.91 Å². The molecule has 4 aromatic rings. The Kier molecular flexibility index (Phi) is 5.14. The zero-order chi connectivity index (χ0) is 20.4. The fourth-order valence-corrected chi connectivity index (χ4v) is 3.97. The number of para-hydroxylation sites is 1. The fourth-order valence-electron chi connectivity index (χ4n) is 3.14. The number of thiazole rings is 1. The van der Waals surface area contributed by atoms with Crippen LogP contribution in [0.3, 0.4) is 0 Å². The highest BCUT2D eigenvalue weighted by atomic mass is 32.1. The number of nitrogens with zero attached hydrogens (tertiary/aromatic N) is 2. The largest absolute Gasteiger partial charge is 0.350 e. The lowest BCUT2D eigenvalue weighted by Gasteiger charge is -2.06. The quantitative estimate of drug-likeness (QED) is 0.510. The van der Waals surface area contributed by atoms with Gasteiger partial charge in [0, 0.05) is 35.1 Å². The van der Waals surface area contributed by atoms with Crippen molar-refractivity contribution in [3.63, 3.8) is 0 Å². The van der Waals surface area contributed by atoms with E-state index in [1.165, 1.54) is 16.9 Å². The minimum Gasteiger partial charge on any atom is -0.350 e. The number of aromatic nitrogens is 2. The van der Waals surface area contributed by atoms with Gasteiger partial charge >= 0.3 is 0 Å². The first-order valence-corrected chi connectivity index (χ1v) is 10.0. The van der Waals surface area contributed by atoms with Gasteiger partial charge in [-0.15, -0.1) is 11.3 Å². The average Bonchev–Trinajstić information content (AvgIpc) is 3.32. The predicted molar refractivity (Wildman–Crippen MR) is 115 cm³/mol. The van der Waals surface area contributed by atoms with Gasteiger partial charge in [0.25, 0.3) is 5.91 Å². The van der Waals surface area contributed by atoms with E-state index in [9.17, 15) is 9.59 Å². The van der Waals surface area contributed by atoms with Gasteiger partial charge in [0.15, 0.2) is 0 Å². The smallest absolute Gasteiger partial charge is 0.271 e. The van der Waals surface area contributed by atoms with Crippen LogP contribution < -0.4 is 10.9 Å². The summed E-state index contributed by atoms with van der Waals surface area (Å²) >= 11 is 1.49. The molecule has 2 amide bonds. The lowest BCUT2D eigenvalue weighted by Crippen LogP contribution is -2.42. The van der Waals surface area contributed by atoms with E-state index >= 15 is 0 Å². The van der Waals surface area contributed by atoms with Crippen molar-refractivity contribution in [1.29, 1.82) is 0 Å². The Morgan fingerprint density at radius 2 is 1.83 bits per heavy atom. The predicted octanol–water partition coefficient (Wildman–Crippen LogP) is 3.61. The summed E-state index contributed by atoms with van der Waals surface area (Å²) in [5.41, 5.74) is 9.32. The molecule has 29 heavy (non-hydrogen) atoms. The van der Waals surface area contributed by atoms with Crippen LogP contribution in [0.5, 0.6) is 0 Å². The summed E-state index contributed by atoms with van der Waals surface area (Å²) in [6.45, 7) is 2.04. The highest BCUT2D eigenvalue weighted by molar-refractivity contribution is 7.13. The Balaban J connectivity index is 1.38. The van der Waals surface area contributed by atoms with Crippen molar-refractivity contribution in [1.82, 2.24) is 20.4 Å². The number of aryl methyl sites for hydroxylation is 2. The summed E-state index contributed by atoms with van der Waals surface area (Å²) in [6, 6.07) is 15.7. The molecule has 0 aliphatic carbocycles. The van der Waals surface area contributed by atoms with Crippen LogP contribution in [-0.2, 0) is 18.3 Å². The number of carbonyl (C=O) groups is 2. The van der Waals surface area contributed by atoms with Gasteiger partial charge in [-0.3, -0.25) is 20.4 Å². The molecule has 0 radical (unpaired) electrons. The second kappa shape index (κ2) is 7.89. The lowest BCUT2D eigenvalue weighted by molar-refractivity contribution is -0.121. The molecule has 2 aromatic heterocycles. The zero-order valence-electron chi connectivity index (χ0n) is 16.1. The standard InChI is InChI=1S/C22H20N4O2S/c1-14-7-9-15(10-8-14)22-23-16(13-29-22)11-20(27)24-25-21(28)18-12-26(2)19-6-4-3-5-17(18)19/h3-10,12-13H,11H2,1-2H3,(H,24,27)(H,25,28). The van der Waals surface area contributed by atoms with Gasteiger partial charge in [-0.05, 0) is 13.0 Å². The normalized spacial score (nSPS) is 10.8. The summed E-state index contributed by atoms with van der Waals surface area (Å²) in [5.74, 6) is -0.673. The third-order valence-corrected chi connectivity index (χ3v) is 5.59. The third kappa shape index (κ3) is 4.05. The number of amides is 2. The molecule has 2 heterocycles. The van der Waals surface area contributed by atoms with Crippen LogP contribution in [0, 0.1) is 6.92 Å². The van der Waals surface area contributed by atoms with E-state index in [4.69, 9.17) is 0 Å². The Morgan fingerprint density at radius 1 is 1.07 bits per heavy atom. The van der Waals surface area contributed by atoms with Crippen molar-refractivity contribution in [2.75, 3.05) is 0 Å². The van der Waals surface area contributed by atoms with Crippen molar-refractivity contribution in [2.24, 2.45) is 7.05 Å². The van der Waals surface area contributed by atoms with Crippen LogP contribution in [0.25, 0.3) is 21.5 Å². The second-order valence-electron chi connectivity index (χ2n) is 6.86. The summed E-state index contributed by atoms with van der Waals surface area (Å²) in [5, 5.41) is 3.57. The van der Waals surface area contributed by atoms with Crippen LogP contribution in [-0.4, -0.2) is 21.4 Å². The highest BCUT2D eigenvalue weighted by Gasteiger charge is 2.15. The third-order valence-electron chi connectivity index (χ3n) is 4.65. The van der Waals surface area contributed by atoms with E-state index in [0.717, 1.165) is 21.5 Å². The highest BCUT2D eigenvalue weighted by Crippen LogP contribution is 2.24. The summed E-state index contributed by atoms with van der Waals surface area (Å²) in [6.07, 6.45) is 1.85. The molecule has 0 atom stereocenters. The summed E-state index contributed by atoms with van der Waals surface area (Å²) < 4.78 is 1.88. The molecule has 2 N–H and O–H groups in total. The molecule has 7 heteroatoms. The summed E-state index contributed by atoms with van der Waals surface area (Å²) in [4.78, 5) is 29.3. The average molecular weight is 404 g/mol. The van der Waals surface area contributed by atoms with Gasteiger partial charge in [-0.1, -0.05) is 48.0 Å². The second-order valence-corrected chi connectivity index (χ2v) is 7.72. The Bertz CT molecular complexity index is 1190. The molecule has 0 fully saturated rings. The molecule has 0 saturated heterocycles. The molecule has 6 nitrogen and oxygen atoms in total.